The zero-order valence-corrected chi connectivity index (χ0v) is 20.2. The molecule has 7 rings (SSSR count). The first-order valence-corrected chi connectivity index (χ1v) is 12.6. The van der Waals surface area contributed by atoms with Gasteiger partial charge < -0.3 is 4.57 Å². The number of benzene rings is 4. The van der Waals surface area contributed by atoms with E-state index < -0.39 is 0 Å². The van der Waals surface area contributed by atoms with Crippen molar-refractivity contribution in [1.82, 2.24) is 9.55 Å². The van der Waals surface area contributed by atoms with Crippen LogP contribution in [0.25, 0.3) is 27.9 Å². The zero-order valence-electron chi connectivity index (χ0n) is 20.2. The Balaban J connectivity index is 1.54. The molecule has 0 N–H and O–H groups in total. The second kappa shape index (κ2) is 8.35. The summed E-state index contributed by atoms with van der Waals surface area (Å²) < 4.78 is 2.34. The zero-order chi connectivity index (χ0) is 24.1. The van der Waals surface area contributed by atoms with E-state index in [1.165, 1.54) is 49.5 Å². The van der Waals surface area contributed by atoms with Gasteiger partial charge in [-0.15, -0.1) is 0 Å². The van der Waals surface area contributed by atoms with Gasteiger partial charge in [0.2, 0.25) is 0 Å². The molecule has 4 aromatic carbocycles. The molecule has 0 aliphatic heterocycles. The Kier molecular flexibility index (Phi) is 4.85. The number of hydrogen-bond acceptors (Lipinski definition) is 1. The highest BCUT2D eigenvalue weighted by Gasteiger charge is 2.32. The van der Waals surface area contributed by atoms with Crippen LogP contribution < -0.4 is 10.4 Å². The first-order chi connectivity index (χ1) is 17.8. The molecule has 0 saturated carbocycles. The van der Waals surface area contributed by atoms with Crippen LogP contribution in [0, 0.1) is 12.8 Å². The number of nitrogens with zero attached hydrogens (tertiary/aromatic N) is 2. The maximum atomic E-state index is 4.86. The number of fused-ring (bicyclic) bond motifs is 3. The highest BCUT2D eigenvalue weighted by molar-refractivity contribution is 5.90. The predicted molar refractivity (Wildman–Crippen MR) is 149 cm³/mol. The van der Waals surface area contributed by atoms with Crippen LogP contribution in [-0.4, -0.2) is 9.55 Å². The van der Waals surface area contributed by atoms with Crippen molar-refractivity contribution in [1.29, 1.82) is 0 Å². The van der Waals surface area contributed by atoms with E-state index in [0.717, 1.165) is 17.8 Å². The van der Waals surface area contributed by atoms with Crippen LogP contribution in [0.15, 0.2) is 127 Å². The maximum absolute atomic E-state index is 4.86. The number of imidazole rings is 1. The van der Waals surface area contributed by atoms with Gasteiger partial charge in [0.25, 0.3) is 0 Å². The Morgan fingerprint density at radius 1 is 0.667 bits per heavy atom. The quantitative estimate of drug-likeness (QED) is 0.310. The van der Waals surface area contributed by atoms with Crippen molar-refractivity contribution < 1.29 is 0 Å². The van der Waals surface area contributed by atoms with Crippen LogP contribution in [-0.2, 0) is 0 Å². The monoisotopic (exact) mass is 462 g/mol. The molecule has 0 radical (unpaired) electrons. The lowest BCUT2D eigenvalue weighted by atomic mass is 9.72. The number of hydrogen-bond donors (Lipinski definition) is 0. The van der Waals surface area contributed by atoms with Crippen LogP contribution in [0.4, 0.5) is 0 Å². The van der Waals surface area contributed by atoms with Crippen LogP contribution in [0.1, 0.15) is 23.4 Å². The molecule has 2 aliphatic rings. The molecule has 0 amide bonds. The van der Waals surface area contributed by atoms with E-state index >= 15 is 0 Å². The molecule has 1 heterocycles. The topological polar surface area (TPSA) is 17.8 Å². The molecule has 0 spiro atoms. The average Bonchev–Trinajstić information content (AvgIpc) is 3.28. The number of aryl methyl sites for hydroxylation is 1. The van der Waals surface area contributed by atoms with Crippen LogP contribution in [0.2, 0.25) is 0 Å². The van der Waals surface area contributed by atoms with Crippen LogP contribution in [0.3, 0.4) is 0 Å². The summed E-state index contributed by atoms with van der Waals surface area (Å²) in [4.78, 5) is 4.86. The summed E-state index contributed by atoms with van der Waals surface area (Å²) in [6, 6.07) is 39.1. The molecular weight excluding hydrogens is 436 g/mol. The fraction of sp³-hybridized carbons (Fsp3) is 0.0882. The predicted octanol–water partition coefficient (Wildman–Crippen LogP) is 6.24. The molecule has 5 aromatic rings. The molecule has 2 nitrogen and oxygen atoms in total. The summed E-state index contributed by atoms with van der Waals surface area (Å²) in [5, 5.41) is 2.64. The standard InChI is InChI=1S/C34H26N2/c1-23-35-31-18-10-11-19-32(31)36(23)26-20-21-29-30(22-26)34(25-14-6-3-7-15-25)28-17-9-8-16-27(28)33(29)24-12-4-2-5-13-24/h2-21,30H,22H2,1H3. The van der Waals surface area contributed by atoms with Gasteiger partial charge in [-0.25, -0.2) is 4.98 Å². The van der Waals surface area contributed by atoms with Crippen molar-refractivity contribution in [3.8, 4) is 0 Å². The van der Waals surface area contributed by atoms with E-state index in [-0.39, 0.29) is 5.92 Å². The normalized spacial score (nSPS) is 16.9. The fourth-order valence-corrected chi connectivity index (χ4v) is 6.06. The molecular formula is C34H26N2. The van der Waals surface area contributed by atoms with Gasteiger partial charge in [-0.05, 0) is 69.8 Å². The van der Waals surface area contributed by atoms with Gasteiger partial charge in [0.15, 0.2) is 0 Å². The van der Waals surface area contributed by atoms with Crippen molar-refractivity contribution >= 4 is 27.9 Å². The average molecular weight is 463 g/mol. The first kappa shape index (κ1) is 20.9. The summed E-state index contributed by atoms with van der Waals surface area (Å²) in [5.41, 5.74) is 10.2. The number of rotatable bonds is 3. The summed E-state index contributed by atoms with van der Waals surface area (Å²) in [6.45, 7) is 2.11. The van der Waals surface area contributed by atoms with Gasteiger partial charge in [0.1, 0.15) is 5.82 Å². The minimum Gasteiger partial charge on any atom is -0.300 e. The third-order valence-electron chi connectivity index (χ3n) is 7.53. The molecule has 2 heteroatoms. The summed E-state index contributed by atoms with van der Waals surface area (Å²) in [6.07, 6.45) is 5.59. The molecule has 1 atom stereocenters. The molecule has 2 aliphatic carbocycles. The molecule has 0 bridgehead atoms. The smallest absolute Gasteiger partial charge is 0.111 e. The Morgan fingerprint density at radius 2 is 1.31 bits per heavy atom. The molecule has 0 fully saturated rings. The van der Waals surface area contributed by atoms with Gasteiger partial charge >= 0.3 is 0 Å². The Hall–Kier alpha value is -4.43. The van der Waals surface area contributed by atoms with Crippen molar-refractivity contribution in [2.45, 2.75) is 13.3 Å². The molecule has 172 valence electrons. The van der Waals surface area contributed by atoms with E-state index in [0.29, 0.717) is 0 Å². The van der Waals surface area contributed by atoms with Crippen LogP contribution >= 0.6 is 0 Å². The highest BCUT2D eigenvalue weighted by atomic mass is 15.1. The van der Waals surface area contributed by atoms with E-state index in [2.05, 4.69) is 133 Å². The van der Waals surface area contributed by atoms with Crippen molar-refractivity contribution in [3.05, 3.63) is 154 Å². The molecule has 1 aromatic heterocycles. The van der Waals surface area contributed by atoms with Crippen molar-refractivity contribution in [2.24, 2.45) is 5.92 Å². The van der Waals surface area contributed by atoms with Gasteiger partial charge in [0, 0.05) is 11.6 Å². The summed E-state index contributed by atoms with van der Waals surface area (Å²) in [5.74, 6) is 1.28. The van der Waals surface area contributed by atoms with Gasteiger partial charge in [-0.2, -0.15) is 0 Å². The van der Waals surface area contributed by atoms with Crippen molar-refractivity contribution in [3.63, 3.8) is 0 Å². The SMILES string of the molecule is Cc1nc2ccccc2n1C1=CC=C2C(c3ccccc3)=c3ccccc3=C(c3ccccc3)C2C1. The van der Waals surface area contributed by atoms with E-state index in [1.54, 1.807) is 0 Å². The minimum atomic E-state index is 0.248. The van der Waals surface area contributed by atoms with E-state index in [1.807, 2.05) is 0 Å². The molecule has 1 unspecified atom stereocenters. The molecule has 0 saturated heterocycles. The number of aromatic nitrogens is 2. The Bertz CT molecular complexity index is 1800. The second-order valence-electron chi connectivity index (χ2n) is 9.59. The number of allylic oxidation sites excluding steroid dienone is 4. The largest absolute Gasteiger partial charge is 0.300 e. The summed E-state index contributed by atoms with van der Waals surface area (Å²) in [7, 11) is 0. The van der Waals surface area contributed by atoms with Crippen LogP contribution in [0.5, 0.6) is 0 Å². The number of para-hydroxylation sites is 2. The van der Waals surface area contributed by atoms with E-state index in [9.17, 15) is 0 Å². The van der Waals surface area contributed by atoms with Gasteiger partial charge in [-0.3, -0.25) is 0 Å². The third-order valence-corrected chi connectivity index (χ3v) is 7.53. The van der Waals surface area contributed by atoms with Crippen molar-refractivity contribution in [2.75, 3.05) is 0 Å². The second-order valence-corrected chi connectivity index (χ2v) is 9.59. The highest BCUT2D eigenvalue weighted by Crippen LogP contribution is 2.43. The van der Waals surface area contributed by atoms with E-state index in [4.69, 9.17) is 4.98 Å². The lowest BCUT2D eigenvalue weighted by Gasteiger charge is -2.33. The maximum Gasteiger partial charge on any atom is 0.111 e. The fourth-order valence-electron chi connectivity index (χ4n) is 6.06. The molecule has 36 heavy (non-hydrogen) atoms. The lowest BCUT2D eigenvalue weighted by Crippen LogP contribution is -2.38. The lowest BCUT2D eigenvalue weighted by molar-refractivity contribution is 0.774. The Morgan fingerprint density at radius 3 is 2.08 bits per heavy atom. The van der Waals surface area contributed by atoms with Gasteiger partial charge in [-0.1, -0.05) is 103 Å². The minimum absolute atomic E-state index is 0.248. The Labute approximate surface area is 210 Å². The summed E-state index contributed by atoms with van der Waals surface area (Å²) >= 11 is 0. The third kappa shape index (κ3) is 3.22. The van der Waals surface area contributed by atoms with Gasteiger partial charge in [0.05, 0.1) is 11.0 Å². The first-order valence-electron chi connectivity index (χ1n) is 12.6.